The summed E-state index contributed by atoms with van der Waals surface area (Å²) >= 11 is 1.89. The van der Waals surface area contributed by atoms with Crippen molar-refractivity contribution >= 4 is 20.9 Å². The smallest absolute Gasteiger partial charge is 0.244 e. The molecule has 0 fully saturated rings. The highest BCUT2D eigenvalue weighted by Crippen LogP contribution is 1.70. The van der Waals surface area contributed by atoms with Gasteiger partial charge in [0, 0.05) is 4.65 Å². The lowest BCUT2D eigenvalue weighted by Crippen LogP contribution is -2.33. The maximum absolute atomic E-state index is 10.1. The third-order valence-electron chi connectivity index (χ3n) is 0.562. The number of nitrogens with two attached hydrogens (primary N) is 1. The molecule has 0 saturated heterocycles. The fraction of sp³-hybridized carbons (Fsp3) is 0.667. The van der Waals surface area contributed by atoms with Crippen LogP contribution in [0.15, 0.2) is 0 Å². The van der Waals surface area contributed by atoms with E-state index in [1.54, 1.807) is 0 Å². The zero-order valence-electron chi connectivity index (χ0n) is 3.79. The fourth-order valence-electron chi connectivity index (χ4n) is 0.0900. The first kappa shape index (κ1) is 7.12. The van der Waals surface area contributed by atoms with Crippen LogP contribution < -0.4 is 5.73 Å². The zero-order chi connectivity index (χ0) is 5.86. The normalized spacial score (nSPS) is 13.4. The molecule has 0 aliphatic rings. The molecule has 0 aromatic rings. The summed E-state index contributed by atoms with van der Waals surface area (Å²) in [6.45, 7) is -0.275. The Labute approximate surface area is 49.9 Å². The van der Waals surface area contributed by atoms with Gasteiger partial charge in [-0.3, -0.25) is 0 Å². The van der Waals surface area contributed by atoms with E-state index in [9.17, 15) is 4.79 Å². The molecule has 0 aromatic carbocycles. The van der Waals surface area contributed by atoms with Crippen LogP contribution in [0.1, 0.15) is 0 Å². The van der Waals surface area contributed by atoms with Crippen LogP contribution in [-0.4, -0.2) is 38.7 Å². The molecule has 1 atom stereocenters. The van der Waals surface area contributed by atoms with Crippen LogP contribution in [-0.2, 0) is 4.79 Å². The zero-order valence-corrected chi connectivity index (χ0v) is 4.95. The van der Waals surface area contributed by atoms with Gasteiger partial charge in [0.1, 0.15) is 0 Å². The van der Waals surface area contributed by atoms with Crippen molar-refractivity contribution in [1.82, 2.24) is 0 Å². The minimum atomic E-state index is -0.718. The van der Waals surface area contributed by atoms with Gasteiger partial charge in [-0.25, -0.2) is 0 Å². The van der Waals surface area contributed by atoms with Gasteiger partial charge in [-0.15, -0.1) is 0 Å². The Hall–Kier alpha value is 0.122. The molecule has 38 valence electrons. The molecule has 0 unspecified atom stereocenters. The molecule has 0 aliphatic heterocycles. The van der Waals surface area contributed by atoms with Crippen molar-refractivity contribution in [1.29, 1.82) is 0 Å². The van der Waals surface area contributed by atoms with Crippen LogP contribution in [0.3, 0.4) is 0 Å². The molecular formula is C3H6AlNO2. The Bertz CT molecular complexity index is 75.3. The first-order chi connectivity index (χ1) is 3.18. The molecule has 0 rings (SSSR count). The summed E-state index contributed by atoms with van der Waals surface area (Å²) in [5.41, 5.74) is 5.00. The Kier molecular flexibility index (Phi) is 3.22. The standard InChI is InChI=1S/C3H6NO2.Al/c4-3(1-5)2-6;/h3,5H,1,4H2;/t3-;/m0./s1. The number of rotatable bonds is 2. The van der Waals surface area contributed by atoms with Crippen molar-refractivity contribution < 1.29 is 9.90 Å². The van der Waals surface area contributed by atoms with E-state index in [1.807, 2.05) is 16.3 Å². The maximum atomic E-state index is 10.1. The molecule has 3 nitrogen and oxygen atoms in total. The number of hydrogen-bond acceptors (Lipinski definition) is 3. The van der Waals surface area contributed by atoms with E-state index < -0.39 is 6.04 Å². The van der Waals surface area contributed by atoms with Crippen molar-refractivity contribution in [2.45, 2.75) is 6.04 Å². The molecule has 3 N–H and O–H groups in total. The molecular weight excluding hydrogens is 109 g/mol. The molecule has 0 saturated carbocycles. The second kappa shape index (κ2) is 3.17. The third-order valence-corrected chi connectivity index (χ3v) is 0.990. The quantitative estimate of drug-likeness (QED) is 0.409. The molecule has 0 aromatic heterocycles. The second-order valence-electron chi connectivity index (χ2n) is 1.19. The number of hydrogen-bond donors (Lipinski definition) is 2. The van der Waals surface area contributed by atoms with Crippen molar-refractivity contribution in [2.75, 3.05) is 6.61 Å². The van der Waals surface area contributed by atoms with Crippen LogP contribution in [0, 0.1) is 0 Å². The lowest BCUT2D eigenvalue weighted by Gasteiger charge is -2.00. The first-order valence-electron chi connectivity index (χ1n) is 1.84. The molecule has 4 heteroatoms. The van der Waals surface area contributed by atoms with Crippen molar-refractivity contribution in [3.05, 3.63) is 0 Å². The largest absolute Gasteiger partial charge is 0.394 e. The second-order valence-corrected chi connectivity index (χ2v) is 1.76. The van der Waals surface area contributed by atoms with Gasteiger partial charge in [-0.05, 0) is 0 Å². The van der Waals surface area contributed by atoms with E-state index in [0.717, 1.165) is 0 Å². The fourth-order valence-corrected chi connectivity index (χ4v) is 0.195. The molecule has 2 radical (unpaired) electrons. The minimum absolute atomic E-state index is 0.262. The summed E-state index contributed by atoms with van der Waals surface area (Å²) in [4.78, 5) is 10.1. The van der Waals surface area contributed by atoms with Gasteiger partial charge >= 0.3 is 0 Å². The third kappa shape index (κ3) is 2.78. The summed E-state index contributed by atoms with van der Waals surface area (Å²) in [7, 11) is 0. The molecule has 0 heterocycles. The van der Waals surface area contributed by atoms with Gasteiger partial charge in [-0.1, -0.05) is 0 Å². The number of carbonyl (C=O) groups excluding carboxylic acids is 1. The van der Waals surface area contributed by atoms with Gasteiger partial charge in [0.05, 0.1) is 12.6 Å². The molecule has 7 heavy (non-hydrogen) atoms. The van der Waals surface area contributed by atoms with Crippen molar-refractivity contribution in [3.8, 4) is 0 Å². The number of carbonyl (C=O) groups is 1. The van der Waals surface area contributed by atoms with Crippen LogP contribution in [0.2, 0.25) is 0 Å². The summed E-state index contributed by atoms with van der Waals surface area (Å²) in [5.74, 6) is 0. The van der Waals surface area contributed by atoms with E-state index >= 15 is 0 Å². The van der Waals surface area contributed by atoms with E-state index in [-0.39, 0.29) is 11.3 Å². The average molecular weight is 115 g/mol. The first-order valence-corrected chi connectivity index (χ1v) is 2.42. The molecule has 0 aliphatic carbocycles. The van der Waals surface area contributed by atoms with Gasteiger partial charge in [0.2, 0.25) is 16.3 Å². The Balaban J connectivity index is 3.34. The van der Waals surface area contributed by atoms with Crippen LogP contribution in [0.5, 0.6) is 0 Å². The van der Waals surface area contributed by atoms with Gasteiger partial charge in [0.25, 0.3) is 0 Å². The van der Waals surface area contributed by atoms with Gasteiger partial charge < -0.3 is 15.6 Å². The maximum Gasteiger partial charge on any atom is 0.244 e. The summed E-state index contributed by atoms with van der Waals surface area (Å²) in [6, 6.07) is -0.718. The highest BCUT2D eigenvalue weighted by atomic mass is 27.0. The van der Waals surface area contributed by atoms with E-state index in [2.05, 4.69) is 0 Å². The summed E-state index contributed by atoms with van der Waals surface area (Å²) in [6.07, 6.45) is 0. The van der Waals surface area contributed by atoms with Crippen LogP contribution in [0.4, 0.5) is 0 Å². The predicted octanol–water partition coefficient (Wildman–Crippen LogP) is -2.00. The molecule has 0 amide bonds. The Morgan fingerprint density at radius 2 is 2.43 bits per heavy atom. The average Bonchev–Trinajstić information content (AvgIpc) is 1.65. The van der Waals surface area contributed by atoms with Crippen molar-refractivity contribution in [3.63, 3.8) is 0 Å². The van der Waals surface area contributed by atoms with Crippen LogP contribution in [0.25, 0.3) is 0 Å². The SMILES string of the molecule is N[C@@H](CO)[C](=O)[Al]. The van der Waals surface area contributed by atoms with E-state index in [1.165, 1.54) is 0 Å². The molecule has 0 spiro atoms. The van der Waals surface area contributed by atoms with E-state index in [0.29, 0.717) is 0 Å². The van der Waals surface area contributed by atoms with Crippen molar-refractivity contribution in [2.24, 2.45) is 5.73 Å². The topological polar surface area (TPSA) is 63.3 Å². The summed E-state index contributed by atoms with van der Waals surface area (Å²) in [5, 5.41) is 8.15. The monoisotopic (exact) mass is 115 g/mol. The number of aliphatic hydroxyl groups is 1. The highest BCUT2D eigenvalue weighted by molar-refractivity contribution is 6.59. The lowest BCUT2D eigenvalue weighted by atomic mass is 10.4. The van der Waals surface area contributed by atoms with Crippen LogP contribution >= 0.6 is 0 Å². The predicted molar refractivity (Wildman–Crippen MR) is 25.8 cm³/mol. The Morgan fingerprint density at radius 1 is 2.00 bits per heavy atom. The molecule has 0 bridgehead atoms. The van der Waals surface area contributed by atoms with E-state index in [4.69, 9.17) is 10.8 Å². The summed E-state index contributed by atoms with van der Waals surface area (Å²) < 4.78 is -0.262. The lowest BCUT2D eigenvalue weighted by molar-refractivity contribution is -0.113. The van der Waals surface area contributed by atoms with Gasteiger partial charge in [0.15, 0.2) is 0 Å². The van der Waals surface area contributed by atoms with Gasteiger partial charge in [-0.2, -0.15) is 0 Å². The number of aliphatic hydroxyl groups excluding tert-OH is 1. The Morgan fingerprint density at radius 3 is 2.43 bits per heavy atom. The highest BCUT2D eigenvalue weighted by Gasteiger charge is 2.01. The minimum Gasteiger partial charge on any atom is -0.394 e.